The Kier molecular flexibility index (Phi) is 10.8. The highest BCUT2D eigenvalue weighted by molar-refractivity contribution is 6.78. The molecule has 1 fully saturated rings. The van der Waals surface area contributed by atoms with Gasteiger partial charge in [0.05, 0.1) is 30.7 Å². The molecule has 0 aliphatic carbocycles. The first kappa shape index (κ1) is 34.0. The van der Waals surface area contributed by atoms with E-state index in [-0.39, 0.29) is 70.4 Å². The molecule has 2 rings (SSSR count). The fraction of sp³-hybridized carbons (Fsp3) is 0.724. The van der Waals surface area contributed by atoms with Gasteiger partial charge >= 0.3 is 0 Å². The van der Waals surface area contributed by atoms with Crippen molar-refractivity contribution in [3.05, 3.63) is 27.8 Å². The molecule has 0 unspecified atom stereocenters. The van der Waals surface area contributed by atoms with Crippen molar-refractivity contribution in [3.63, 3.8) is 0 Å². The van der Waals surface area contributed by atoms with E-state index in [1.165, 1.54) is 19.2 Å². The zero-order valence-corrected chi connectivity index (χ0v) is 28.5. The first-order valence-electron chi connectivity index (χ1n) is 14.3. The van der Waals surface area contributed by atoms with Gasteiger partial charge in [0.1, 0.15) is 11.3 Å². The van der Waals surface area contributed by atoms with E-state index in [0.29, 0.717) is 5.75 Å². The number of piperidine rings is 1. The molecule has 1 aliphatic rings. The second-order valence-electron chi connectivity index (χ2n) is 13.4. The fourth-order valence-electron chi connectivity index (χ4n) is 5.65. The van der Waals surface area contributed by atoms with Crippen molar-refractivity contribution >= 4 is 34.0 Å². The monoisotopic (exact) mass is 594 g/mol. The first-order valence-corrected chi connectivity index (χ1v) is 19.4. The molecule has 1 amide bonds. The maximum atomic E-state index is 13.9. The number of hydrogen-bond acceptors (Lipinski definition) is 7. The number of ketones is 1. The van der Waals surface area contributed by atoms with Crippen molar-refractivity contribution in [1.82, 2.24) is 4.90 Å². The third-order valence-electron chi connectivity index (χ3n) is 8.94. The zero-order chi connectivity index (χ0) is 30.8. The van der Waals surface area contributed by atoms with Gasteiger partial charge in [-0.3, -0.25) is 19.7 Å². The van der Waals surface area contributed by atoms with Gasteiger partial charge in [0.2, 0.25) is 0 Å². The van der Waals surface area contributed by atoms with Gasteiger partial charge in [-0.15, -0.1) is 0 Å². The lowest BCUT2D eigenvalue weighted by Gasteiger charge is -2.42. The molecule has 1 heterocycles. The van der Waals surface area contributed by atoms with Crippen LogP contribution in [0.1, 0.15) is 85.5 Å². The van der Waals surface area contributed by atoms with Gasteiger partial charge in [0, 0.05) is 25.5 Å². The van der Waals surface area contributed by atoms with Gasteiger partial charge < -0.3 is 18.5 Å². The molecule has 0 N–H and O–H groups in total. The minimum Gasteiger partial charge on any atom is -0.540 e. The Morgan fingerprint density at radius 1 is 1.07 bits per heavy atom. The number of amides is 1. The molecule has 0 saturated carbocycles. The van der Waals surface area contributed by atoms with Crippen LogP contribution in [0.3, 0.4) is 0 Å². The number of methoxy groups -OCH3 is 1. The molecule has 40 heavy (non-hydrogen) atoms. The summed E-state index contributed by atoms with van der Waals surface area (Å²) in [6, 6.07) is 2.28. The number of nitrogens with zero attached hydrogens (tertiary/aromatic N) is 2. The lowest BCUT2D eigenvalue weighted by atomic mass is 9.99. The van der Waals surface area contributed by atoms with Gasteiger partial charge in [-0.25, -0.2) is 0 Å². The quantitative estimate of drug-likeness (QED) is 0.150. The minimum atomic E-state index is -2.46. The Hall–Kier alpha value is -2.25. The second-order valence-corrected chi connectivity index (χ2v) is 23.6. The average molecular weight is 595 g/mol. The molecule has 0 aromatic heterocycles. The third-order valence-corrected chi connectivity index (χ3v) is 19.4. The van der Waals surface area contributed by atoms with E-state index in [1.54, 1.807) is 4.90 Å². The van der Waals surface area contributed by atoms with Crippen LogP contribution in [-0.4, -0.2) is 64.5 Å². The van der Waals surface area contributed by atoms with Gasteiger partial charge in [0.15, 0.2) is 19.8 Å². The Labute approximate surface area is 242 Å². The molecule has 1 aromatic carbocycles. The average Bonchev–Trinajstić information content (AvgIpc) is 2.83. The zero-order valence-electron chi connectivity index (χ0n) is 26.5. The Bertz CT molecular complexity index is 1070. The molecular weight excluding hydrogens is 544 g/mol. The summed E-state index contributed by atoms with van der Waals surface area (Å²) in [6.45, 7) is 23.8. The van der Waals surface area contributed by atoms with Gasteiger partial charge in [-0.05, 0) is 34.8 Å². The standard InChI is InChI=1S/C29H50N2O7Si2/c1-19(2)40(20(3)4,21(5)6)38-27-17-25(31(34)35)24(16-26(27)36-10)28(33)30-14-13-23(32)15-22(30)18-37-39(11,12)29(7,8)9/h16-17,19-22H,13-15,18H2,1-12H3/t22-/m0/s1. The highest BCUT2D eigenvalue weighted by Crippen LogP contribution is 2.46. The molecule has 9 nitrogen and oxygen atoms in total. The first-order chi connectivity index (χ1) is 18.3. The summed E-state index contributed by atoms with van der Waals surface area (Å²) in [5, 5.41) is 12.3. The van der Waals surface area contributed by atoms with Crippen LogP contribution in [0.25, 0.3) is 0 Å². The van der Waals surface area contributed by atoms with Crippen LogP contribution < -0.4 is 9.16 Å². The van der Waals surface area contributed by atoms with Crippen molar-refractivity contribution in [1.29, 1.82) is 0 Å². The van der Waals surface area contributed by atoms with E-state index >= 15 is 0 Å². The highest BCUT2D eigenvalue weighted by atomic mass is 28.4. The normalized spacial score (nSPS) is 17.1. The number of likely N-dealkylation sites (tertiary alicyclic amines) is 1. The smallest absolute Gasteiger partial charge is 0.286 e. The van der Waals surface area contributed by atoms with Crippen molar-refractivity contribution in [2.75, 3.05) is 20.3 Å². The number of Topliss-reactive ketones (excluding diaryl/α,β-unsaturated/α-hetero) is 1. The molecule has 1 atom stereocenters. The number of benzene rings is 1. The second kappa shape index (κ2) is 12.7. The van der Waals surface area contributed by atoms with Crippen LogP contribution in [0.5, 0.6) is 11.5 Å². The molecule has 0 radical (unpaired) electrons. The number of nitro groups is 1. The molecule has 1 saturated heterocycles. The van der Waals surface area contributed by atoms with E-state index in [4.69, 9.17) is 13.6 Å². The molecule has 226 valence electrons. The summed E-state index contributed by atoms with van der Waals surface area (Å²) in [6.07, 6.45) is 0.373. The van der Waals surface area contributed by atoms with E-state index in [0.717, 1.165) is 0 Å². The van der Waals surface area contributed by atoms with Crippen LogP contribution in [0.2, 0.25) is 34.8 Å². The number of hydrogen-bond donors (Lipinski definition) is 0. The van der Waals surface area contributed by atoms with E-state index in [9.17, 15) is 19.7 Å². The van der Waals surface area contributed by atoms with Crippen LogP contribution in [0.15, 0.2) is 12.1 Å². The van der Waals surface area contributed by atoms with E-state index in [1.807, 2.05) is 0 Å². The van der Waals surface area contributed by atoms with Crippen molar-refractivity contribution in [2.24, 2.45) is 0 Å². The molecule has 11 heteroatoms. The maximum Gasteiger partial charge on any atom is 0.286 e. The number of rotatable bonds is 11. The number of carbonyl (C=O) groups is 2. The summed E-state index contributed by atoms with van der Waals surface area (Å²) in [4.78, 5) is 39.7. The molecule has 0 spiro atoms. The van der Waals surface area contributed by atoms with Crippen LogP contribution >= 0.6 is 0 Å². The summed E-state index contributed by atoms with van der Waals surface area (Å²) >= 11 is 0. The SMILES string of the molecule is COc1cc(C(=O)N2CCC(=O)C[C@H]2CO[Si](C)(C)C(C)(C)C)c([N+](=O)[O-])cc1O[Si](C(C)C)(C(C)C)C(C)C. The molecular formula is C29H50N2O7Si2. The Balaban J connectivity index is 2.56. The lowest BCUT2D eigenvalue weighted by molar-refractivity contribution is -0.385. The topological polar surface area (TPSA) is 108 Å². The Morgan fingerprint density at radius 3 is 2.08 bits per heavy atom. The number of carbonyl (C=O) groups excluding carboxylic acids is 2. The fourth-order valence-corrected chi connectivity index (χ4v) is 11.9. The largest absolute Gasteiger partial charge is 0.540 e. The predicted octanol–water partition coefficient (Wildman–Crippen LogP) is 7.35. The van der Waals surface area contributed by atoms with Crippen molar-refractivity contribution in [2.45, 2.75) is 116 Å². The summed E-state index contributed by atoms with van der Waals surface area (Å²) in [5.74, 6) is 0.129. The molecule has 1 aromatic rings. The predicted molar refractivity (Wildman–Crippen MR) is 164 cm³/mol. The summed E-state index contributed by atoms with van der Waals surface area (Å²) in [7, 11) is -3.14. The maximum absolute atomic E-state index is 13.9. The van der Waals surface area contributed by atoms with E-state index in [2.05, 4.69) is 75.4 Å². The molecule has 1 aliphatic heterocycles. The highest BCUT2D eigenvalue weighted by Gasteiger charge is 2.48. The Morgan fingerprint density at radius 2 is 1.62 bits per heavy atom. The lowest BCUT2D eigenvalue weighted by Crippen LogP contribution is -2.51. The van der Waals surface area contributed by atoms with Gasteiger partial charge in [-0.2, -0.15) is 0 Å². The van der Waals surface area contributed by atoms with Crippen molar-refractivity contribution < 1.29 is 28.1 Å². The van der Waals surface area contributed by atoms with Gasteiger partial charge in [-0.1, -0.05) is 62.3 Å². The van der Waals surface area contributed by atoms with Crippen LogP contribution in [0.4, 0.5) is 5.69 Å². The van der Waals surface area contributed by atoms with Crippen molar-refractivity contribution in [3.8, 4) is 11.5 Å². The molecule has 0 bridgehead atoms. The van der Waals surface area contributed by atoms with Crippen LogP contribution in [-0.2, 0) is 9.22 Å². The summed E-state index contributed by atoms with van der Waals surface area (Å²) in [5.41, 5.74) is 0.313. The summed E-state index contributed by atoms with van der Waals surface area (Å²) < 4.78 is 18.8. The minimum absolute atomic E-state index is 0.0387. The number of nitro benzene ring substituents is 1. The third kappa shape index (κ3) is 6.96. The van der Waals surface area contributed by atoms with Crippen LogP contribution in [0, 0.1) is 10.1 Å². The van der Waals surface area contributed by atoms with Gasteiger partial charge in [0.25, 0.3) is 19.9 Å². The van der Waals surface area contributed by atoms with E-state index < -0.39 is 33.5 Å². The number of ether oxygens (including phenoxy) is 1.